The summed E-state index contributed by atoms with van der Waals surface area (Å²) in [5, 5.41) is 3.21. The number of halogens is 1. The van der Waals surface area contributed by atoms with Gasteiger partial charge in [0.25, 0.3) is 5.91 Å². The third kappa shape index (κ3) is 7.48. The number of nitrogens with zero attached hydrogens (tertiary/aromatic N) is 3. The molecule has 0 radical (unpaired) electrons. The van der Waals surface area contributed by atoms with E-state index < -0.39 is 74.7 Å². The summed E-state index contributed by atoms with van der Waals surface area (Å²) in [6.07, 6.45) is 6.78. The van der Waals surface area contributed by atoms with E-state index in [2.05, 4.69) is 15.5 Å². The quantitative estimate of drug-likeness (QED) is 0.371. The SMILES string of the molecule is O=C(NN1CCCC/C=C\[C@@H]2C[C@]2(C(=O)NS(=O)(=O)C2CC2)NC(=O)[C@@H]2C[C@@H](OC(=O)N3Cc4cccc(F)c4C3)CN2C1=O)OC1CCCC1. The summed E-state index contributed by atoms with van der Waals surface area (Å²) in [4.78, 5) is 70.6. The molecule has 6 amide bonds. The Morgan fingerprint density at radius 2 is 1.76 bits per heavy atom. The Balaban J connectivity index is 1.12. The van der Waals surface area contributed by atoms with Crippen LogP contribution >= 0.6 is 0 Å². The molecule has 276 valence electrons. The number of urea groups is 1. The van der Waals surface area contributed by atoms with E-state index in [1.807, 2.05) is 6.08 Å². The van der Waals surface area contributed by atoms with E-state index in [0.717, 1.165) is 30.7 Å². The lowest BCUT2D eigenvalue weighted by Gasteiger charge is -2.32. The van der Waals surface area contributed by atoms with E-state index in [-0.39, 0.29) is 45.1 Å². The van der Waals surface area contributed by atoms with Crippen molar-refractivity contribution < 1.29 is 46.3 Å². The topological polar surface area (TPSA) is 184 Å². The van der Waals surface area contributed by atoms with Gasteiger partial charge in [-0.3, -0.25) is 19.2 Å². The van der Waals surface area contributed by atoms with Crippen molar-refractivity contribution in [2.75, 3.05) is 13.1 Å². The van der Waals surface area contributed by atoms with Gasteiger partial charge in [0, 0.05) is 31.0 Å². The van der Waals surface area contributed by atoms with E-state index in [1.54, 1.807) is 18.2 Å². The maximum absolute atomic E-state index is 14.4. The van der Waals surface area contributed by atoms with Gasteiger partial charge in [-0.25, -0.2) is 37.6 Å². The molecular weight excluding hydrogens is 687 g/mol. The van der Waals surface area contributed by atoms with Crippen molar-refractivity contribution >= 4 is 40.1 Å². The van der Waals surface area contributed by atoms with Crippen molar-refractivity contribution in [2.24, 2.45) is 5.92 Å². The Hall–Kier alpha value is -4.41. The number of fused-ring (bicyclic) bond motifs is 3. The van der Waals surface area contributed by atoms with Crippen molar-refractivity contribution in [3.63, 3.8) is 0 Å². The van der Waals surface area contributed by atoms with Crippen molar-refractivity contribution in [2.45, 2.75) is 113 Å². The molecule has 3 aliphatic heterocycles. The van der Waals surface area contributed by atoms with Crippen molar-refractivity contribution in [3.8, 4) is 0 Å². The second-order valence-corrected chi connectivity index (χ2v) is 16.3. The summed E-state index contributed by atoms with van der Waals surface area (Å²) in [6.45, 7) is 0.0138. The minimum Gasteiger partial charge on any atom is -0.445 e. The number of ether oxygens (including phenoxy) is 2. The Bertz CT molecular complexity index is 1730. The molecule has 0 aromatic heterocycles. The molecule has 51 heavy (non-hydrogen) atoms. The monoisotopic (exact) mass is 730 g/mol. The molecule has 4 atom stereocenters. The van der Waals surface area contributed by atoms with Crippen LogP contribution in [0.5, 0.6) is 0 Å². The normalized spacial score (nSPS) is 28.9. The Kier molecular flexibility index (Phi) is 9.58. The first-order valence-electron chi connectivity index (χ1n) is 17.8. The highest BCUT2D eigenvalue weighted by molar-refractivity contribution is 7.91. The van der Waals surface area contributed by atoms with Gasteiger partial charge in [0.05, 0.1) is 18.3 Å². The van der Waals surface area contributed by atoms with Crippen LogP contribution in [0.2, 0.25) is 0 Å². The molecule has 3 heterocycles. The van der Waals surface area contributed by atoms with Gasteiger partial charge in [-0.1, -0.05) is 24.3 Å². The van der Waals surface area contributed by atoms with Crippen LogP contribution < -0.4 is 15.5 Å². The van der Waals surface area contributed by atoms with Crippen LogP contribution in [0.3, 0.4) is 0 Å². The van der Waals surface area contributed by atoms with Gasteiger partial charge in [-0.2, -0.15) is 0 Å². The number of hydrogen-bond donors (Lipinski definition) is 3. The van der Waals surface area contributed by atoms with Crippen LogP contribution in [0.1, 0.15) is 81.8 Å². The summed E-state index contributed by atoms with van der Waals surface area (Å²) in [5.74, 6) is -2.49. The number of hydrogen-bond acceptors (Lipinski definition) is 9. The predicted octanol–water partition coefficient (Wildman–Crippen LogP) is 2.95. The zero-order valence-corrected chi connectivity index (χ0v) is 29.0. The average Bonchev–Trinajstić information content (AvgIpc) is 3.87. The second-order valence-electron chi connectivity index (χ2n) is 14.4. The number of hydrazine groups is 1. The minimum atomic E-state index is -3.92. The van der Waals surface area contributed by atoms with E-state index in [0.29, 0.717) is 43.2 Å². The van der Waals surface area contributed by atoms with E-state index in [4.69, 9.17) is 9.47 Å². The molecule has 0 bridgehead atoms. The minimum absolute atomic E-state index is 0.00275. The fraction of sp³-hybridized carbons (Fsp3) is 0.618. The first-order chi connectivity index (χ1) is 24.4. The summed E-state index contributed by atoms with van der Waals surface area (Å²) < 4.78 is 53.3. The highest BCUT2D eigenvalue weighted by Gasteiger charge is 2.62. The molecule has 17 heteroatoms. The van der Waals surface area contributed by atoms with Crippen LogP contribution in [0.4, 0.5) is 18.8 Å². The first-order valence-corrected chi connectivity index (χ1v) is 19.3. The molecule has 6 aliphatic rings. The average molecular weight is 731 g/mol. The molecule has 3 aliphatic carbocycles. The van der Waals surface area contributed by atoms with E-state index in [1.165, 1.54) is 15.9 Å². The summed E-state index contributed by atoms with van der Waals surface area (Å²) in [7, 11) is -3.92. The molecule has 15 nitrogen and oxygen atoms in total. The highest BCUT2D eigenvalue weighted by atomic mass is 32.2. The maximum atomic E-state index is 14.4. The number of sulfonamides is 1. The van der Waals surface area contributed by atoms with E-state index >= 15 is 0 Å². The molecule has 0 spiro atoms. The molecule has 7 rings (SSSR count). The lowest BCUT2D eigenvalue weighted by atomic mass is 10.1. The lowest BCUT2D eigenvalue weighted by Crippen LogP contribution is -2.59. The number of allylic oxidation sites excluding steroid dienone is 1. The highest BCUT2D eigenvalue weighted by Crippen LogP contribution is 2.46. The van der Waals surface area contributed by atoms with Crippen LogP contribution in [-0.2, 0) is 42.2 Å². The van der Waals surface area contributed by atoms with Crippen molar-refractivity contribution in [3.05, 3.63) is 47.3 Å². The Morgan fingerprint density at radius 3 is 2.51 bits per heavy atom. The Labute approximate surface area is 295 Å². The standard InChI is InChI=1S/C34H43FN6O9S/c35-27-12-7-8-21-18-39(20-26(21)27)33(46)50-24-16-28-29(42)36-34(30(43)38-51(47,48)25-13-14-25)17-22(34)9-3-1-2-6-15-41(32(45)40(28)19-24)37-31(44)49-23-10-4-5-11-23/h3,7-9,12,22-25,28H,1-2,4-6,10-11,13-20H2,(H,36,42)(H,37,44)(H,38,43)/b9-3-/t22-,24-,28+,34+/m1/s1. The zero-order chi connectivity index (χ0) is 35.9. The fourth-order valence-electron chi connectivity index (χ4n) is 7.48. The molecule has 4 fully saturated rings. The van der Waals surface area contributed by atoms with Gasteiger partial charge in [-0.15, -0.1) is 0 Å². The van der Waals surface area contributed by atoms with Gasteiger partial charge in [0.1, 0.15) is 29.6 Å². The van der Waals surface area contributed by atoms with Gasteiger partial charge in [0.2, 0.25) is 15.9 Å². The third-order valence-electron chi connectivity index (χ3n) is 10.6. The number of nitrogens with one attached hydrogen (secondary N) is 3. The smallest absolute Gasteiger partial charge is 0.426 e. The maximum Gasteiger partial charge on any atom is 0.426 e. The number of carbonyl (C=O) groups is 5. The summed E-state index contributed by atoms with van der Waals surface area (Å²) >= 11 is 0. The van der Waals surface area contributed by atoms with Gasteiger partial charge in [0.15, 0.2) is 0 Å². The lowest BCUT2D eigenvalue weighted by molar-refractivity contribution is -0.131. The summed E-state index contributed by atoms with van der Waals surface area (Å²) in [6, 6.07) is 2.61. The van der Waals surface area contributed by atoms with Crippen LogP contribution in [0.15, 0.2) is 30.4 Å². The van der Waals surface area contributed by atoms with Gasteiger partial charge in [-0.05, 0) is 75.8 Å². The first kappa shape index (κ1) is 35.0. The third-order valence-corrected chi connectivity index (χ3v) is 12.5. The fourth-order valence-corrected chi connectivity index (χ4v) is 8.84. The van der Waals surface area contributed by atoms with E-state index in [9.17, 15) is 36.8 Å². The van der Waals surface area contributed by atoms with Gasteiger partial charge >= 0.3 is 18.2 Å². The van der Waals surface area contributed by atoms with Crippen LogP contribution in [0, 0.1) is 11.7 Å². The van der Waals surface area contributed by atoms with Crippen LogP contribution in [0.25, 0.3) is 0 Å². The summed E-state index contributed by atoms with van der Waals surface area (Å²) in [5.41, 5.74) is 2.03. The predicted molar refractivity (Wildman–Crippen MR) is 177 cm³/mol. The molecule has 1 saturated heterocycles. The number of amides is 6. The largest absolute Gasteiger partial charge is 0.445 e. The number of benzene rings is 1. The second kappa shape index (κ2) is 14.0. The Morgan fingerprint density at radius 1 is 0.980 bits per heavy atom. The molecule has 1 aromatic carbocycles. The van der Waals surface area contributed by atoms with Crippen molar-refractivity contribution in [1.82, 2.24) is 30.3 Å². The van der Waals surface area contributed by atoms with Crippen molar-refractivity contribution in [1.29, 1.82) is 0 Å². The number of rotatable bonds is 6. The molecule has 0 unspecified atom stereocenters. The zero-order valence-electron chi connectivity index (χ0n) is 28.2. The molecule has 1 aromatic rings. The van der Waals surface area contributed by atoms with Gasteiger partial charge < -0.3 is 19.7 Å². The van der Waals surface area contributed by atoms with Crippen LogP contribution in [-0.4, -0.2) is 95.4 Å². The molecular formula is C34H43FN6O9S. The molecule has 3 saturated carbocycles. The number of carbonyl (C=O) groups excluding carboxylic acids is 5. The molecule has 3 N–H and O–H groups in total.